The fraction of sp³-hybridized carbons (Fsp3) is 0.483. The Bertz CT molecular complexity index is 1160. The molecule has 0 radical (unpaired) electrons. The molecule has 0 bridgehead atoms. The van der Waals surface area contributed by atoms with E-state index < -0.39 is 0 Å². The van der Waals surface area contributed by atoms with E-state index in [1.165, 1.54) is 11.3 Å². The van der Waals surface area contributed by atoms with Crippen molar-refractivity contribution < 1.29 is 19.1 Å². The summed E-state index contributed by atoms with van der Waals surface area (Å²) >= 11 is 0. The molecular weight excluding hydrogens is 454 g/mol. The van der Waals surface area contributed by atoms with Crippen LogP contribution in [0.5, 0.6) is 5.75 Å². The molecule has 2 saturated heterocycles. The monoisotopic (exact) mass is 489 g/mol. The summed E-state index contributed by atoms with van der Waals surface area (Å²) in [6.07, 6.45) is 5.64. The van der Waals surface area contributed by atoms with Crippen LogP contribution in [0.15, 0.2) is 42.5 Å². The number of ether oxygens (including phenoxy) is 1. The zero-order valence-electron chi connectivity index (χ0n) is 21.2. The summed E-state index contributed by atoms with van der Waals surface area (Å²) in [5, 5.41) is 0. The third-order valence-electron chi connectivity index (χ3n) is 7.93. The van der Waals surface area contributed by atoms with Crippen LogP contribution >= 0.6 is 0 Å². The second-order valence-electron chi connectivity index (χ2n) is 10.2. The Hall–Kier alpha value is -3.35. The number of imide groups is 1. The molecule has 2 aromatic carbocycles. The van der Waals surface area contributed by atoms with E-state index >= 15 is 0 Å². The van der Waals surface area contributed by atoms with Gasteiger partial charge < -0.3 is 14.5 Å². The van der Waals surface area contributed by atoms with E-state index in [1.54, 1.807) is 13.2 Å². The van der Waals surface area contributed by atoms with Gasteiger partial charge >= 0.3 is 0 Å². The second kappa shape index (κ2) is 10.3. The average Bonchev–Trinajstić information content (AvgIpc) is 3.16. The first-order valence-electron chi connectivity index (χ1n) is 13.2. The van der Waals surface area contributed by atoms with Crippen molar-refractivity contribution >= 4 is 23.4 Å². The predicted molar refractivity (Wildman–Crippen MR) is 138 cm³/mol. The predicted octanol–water partition coefficient (Wildman–Crippen LogP) is 4.15. The summed E-state index contributed by atoms with van der Waals surface area (Å²) in [6, 6.07) is 13.5. The largest absolute Gasteiger partial charge is 0.497 e. The van der Waals surface area contributed by atoms with Gasteiger partial charge in [0.25, 0.3) is 11.8 Å². The van der Waals surface area contributed by atoms with Crippen molar-refractivity contribution in [2.45, 2.75) is 51.5 Å². The number of amides is 3. The summed E-state index contributed by atoms with van der Waals surface area (Å²) in [5.41, 5.74) is 2.73. The number of piperidine rings is 2. The highest BCUT2D eigenvalue weighted by Crippen LogP contribution is 2.35. The van der Waals surface area contributed by atoms with Crippen LogP contribution in [0, 0.1) is 5.92 Å². The van der Waals surface area contributed by atoms with E-state index in [-0.39, 0.29) is 23.6 Å². The van der Waals surface area contributed by atoms with Crippen molar-refractivity contribution in [1.29, 1.82) is 0 Å². The first-order valence-corrected chi connectivity index (χ1v) is 13.2. The maximum Gasteiger partial charge on any atom is 0.263 e. The third-order valence-corrected chi connectivity index (χ3v) is 7.93. The maximum atomic E-state index is 13.5. The molecule has 190 valence electrons. The van der Waals surface area contributed by atoms with Crippen LogP contribution in [-0.4, -0.2) is 66.9 Å². The fourth-order valence-electron chi connectivity index (χ4n) is 5.91. The minimum absolute atomic E-state index is 0.0773. The van der Waals surface area contributed by atoms with Gasteiger partial charge in [-0.25, -0.2) is 0 Å². The molecule has 3 amide bonds. The Morgan fingerprint density at radius 1 is 1.00 bits per heavy atom. The first kappa shape index (κ1) is 24.3. The van der Waals surface area contributed by atoms with E-state index in [0.29, 0.717) is 36.7 Å². The molecule has 0 spiro atoms. The van der Waals surface area contributed by atoms with Crippen LogP contribution in [0.2, 0.25) is 0 Å². The van der Waals surface area contributed by atoms with Crippen LogP contribution < -0.4 is 9.64 Å². The molecule has 0 N–H and O–H groups in total. The number of benzene rings is 2. The lowest BCUT2D eigenvalue weighted by Crippen LogP contribution is -2.49. The SMILES string of the molecule is COc1cccc(CCN2C(=O)c3cccc(N4CCC[C@@H](C(=O)N5CCCC[C@H]5C)C4)c3C2=O)c1. The minimum atomic E-state index is -0.244. The van der Waals surface area contributed by atoms with E-state index in [2.05, 4.69) is 16.7 Å². The van der Waals surface area contributed by atoms with Gasteiger partial charge in [0.15, 0.2) is 0 Å². The van der Waals surface area contributed by atoms with Crippen LogP contribution in [0.25, 0.3) is 0 Å². The molecular formula is C29H35N3O4. The van der Waals surface area contributed by atoms with Gasteiger partial charge in [0.05, 0.1) is 29.8 Å². The van der Waals surface area contributed by atoms with Gasteiger partial charge in [-0.2, -0.15) is 0 Å². The van der Waals surface area contributed by atoms with Gasteiger partial charge in [-0.3, -0.25) is 19.3 Å². The van der Waals surface area contributed by atoms with E-state index in [1.807, 2.05) is 36.4 Å². The number of hydrogen-bond donors (Lipinski definition) is 0. The van der Waals surface area contributed by atoms with Crippen molar-refractivity contribution in [2.24, 2.45) is 5.92 Å². The Balaban J connectivity index is 1.32. The van der Waals surface area contributed by atoms with Crippen molar-refractivity contribution in [1.82, 2.24) is 9.80 Å². The highest BCUT2D eigenvalue weighted by molar-refractivity contribution is 6.23. The topological polar surface area (TPSA) is 70.2 Å². The Labute approximate surface area is 213 Å². The van der Waals surface area contributed by atoms with Crippen LogP contribution in [0.1, 0.15) is 65.3 Å². The molecule has 0 saturated carbocycles. The quantitative estimate of drug-likeness (QED) is 0.570. The lowest BCUT2D eigenvalue weighted by atomic mass is 9.93. The Morgan fingerprint density at radius 3 is 2.64 bits per heavy atom. The molecule has 36 heavy (non-hydrogen) atoms. The number of carbonyl (C=O) groups is 3. The number of rotatable bonds is 6. The van der Waals surface area contributed by atoms with Crippen molar-refractivity contribution in [2.75, 3.05) is 38.2 Å². The van der Waals surface area contributed by atoms with E-state index in [9.17, 15) is 14.4 Å². The zero-order valence-corrected chi connectivity index (χ0v) is 21.2. The molecule has 3 aliphatic heterocycles. The summed E-state index contributed by atoms with van der Waals surface area (Å²) in [7, 11) is 1.62. The smallest absolute Gasteiger partial charge is 0.263 e. The summed E-state index contributed by atoms with van der Waals surface area (Å²) in [4.78, 5) is 45.6. The molecule has 7 heteroatoms. The molecule has 2 atom stereocenters. The van der Waals surface area contributed by atoms with Gasteiger partial charge in [0.1, 0.15) is 5.75 Å². The van der Waals surface area contributed by atoms with Crippen LogP contribution in [0.4, 0.5) is 5.69 Å². The molecule has 3 aliphatic rings. The van der Waals surface area contributed by atoms with Crippen LogP contribution in [0.3, 0.4) is 0 Å². The van der Waals surface area contributed by atoms with Crippen molar-refractivity contribution in [3.8, 4) is 5.75 Å². The zero-order chi connectivity index (χ0) is 25.2. The van der Waals surface area contributed by atoms with Crippen molar-refractivity contribution in [3.05, 3.63) is 59.2 Å². The number of fused-ring (bicyclic) bond motifs is 1. The number of anilines is 1. The number of likely N-dealkylation sites (tertiary alicyclic amines) is 1. The number of hydrogen-bond acceptors (Lipinski definition) is 5. The lowest BCUT2D eigenvalue weighted by molar-refractivity contribution is -0.139. The van der Waals surface area contributed by atoms with E-state index in [4.69, 9.17) is 4.74 Å². The lowest BCUT2D eigenvalue weighted by Gasteiger charge is -2.40. The Morgan fingerprint density at radius 2 is 1.83 bits per heavy atom. The Kier molecular flexibility index (Phi) is 6.99. The number of nitrogens with zero attached hydrogens (tertiary/aromatic N) is 3. The molecule has 2 aromatic rings. The molecule has 0 aliphatic carbocycles. The summed E-state index contributed by atoms with van der Waals surface area (Å²) < 4.78 is 5.29. The standard InChI is InChI=1S/C29H35N3O4/c1-20-8-3-4-16-31(20)27(33)22-10-7-15-30(19-22)25-13-6-12-24-26(25)29(35)32(28(24)34)17-14-21-9-5-11-23(18-21)36-2/h5-6,9,11-13,18,20,22H,3-4,7-8,10,14-17,19H2,1-2H3/t20-,22-/m1/s1. The van der Waals surface area contributed by atoms with Gasteiger partial charge in [0.2, 0.25) is 5.91 Å². The minimum Gasteiger partial charge on any atom is -0.497 e. The van der Waals surface area contributed by atoms with E-state index in [0.717, 1.165) is 55.8 Å². The highest BCUT2D eigenvalue weighted by Gasteiger charge is 2.40. The summed E-state index contributed by atoms with van der Waals surface area (Å²) in [6.45, 7) is 4.66. The fourth-order valence-corrected chi connectivity index (χ4v) is 5.91. The molecule has 5 rings (SSSR count). The number of methoxy groups -OCH3 is 1. The highest BCUT2D eigenvalue weighted by atomic mass is 16.5. The van der Waals surface area contributed by atoms with Gasteiger partial charge in [-0.05, 0) is 75.3 Å². The van der Waals surface area contributed by atoms with Crippen molar-refractivity contribution in [3.63, 3.8) is 0 Å². The molecule has 7 nitrogen and oxygen atoms in total. The molecule has 2 fully saturated rings. The second-order valence-corrected chi connectivity index (χ2v) is 10.2. The normalized spacial score (nSPS) is 22.1. The average molecular weight is 490 g/mol. The third kappa shape index (κ3) is 4.59. The van der Waals surface area contributed by atoms with Gasteiger partial charge in [0, 0.05) is 32.2 Å². The first-order chi connectivity index (χ1) is 17.5. The van der Waals surface area contributed by atoms with Gasteiger partial charge in [-0.1, -0.05) is 18.2 Å². The van der Waals surface area contributed by atoms with Gasteiger partial charge in [-0.15, -0.1) is 0 Å². The molecule has 0 aromatic heterocycles. The molecule has 3 heterocycles. The summed E-state index contributed by atoms with van der Waals surface area (Å²) in [5.74, 6) is 0.428. The maximum absolute atomic E-state index is 13.5. The number of carbonyl (C=O) groups excluding carboxylic acids is 3. The molecule has 0 unspecified atom stereocenters. The van der Waals surface area contributed by atoms with Crippen LogP contribution in [-0.2, 0) is 11.2 Å².